The molecule has 1 aliphatic rings. The van der Waals surface area contributed by atoms with Crippen LogP contribution in [0.15, 0.2) is 18.2 Å². The van der Waals surface area contributed by atoms with Gasteiger partial charge in [-0.1, -0.05) is 12.1 Å². The Morgan fingerprint density at radius 1 is 1.53 bits per heavy atom. The molecule has 2 rings (SSSR count). The first-order chi connectivity index (χ1) is 9.00. The van der Waals surface area contributed by atoms with Gasteiger partial charge in [0.05, 0.1) is 10.8 Å². The summed E-state index contributed by atoms with van der Waals surface area (Å²) >= 11 is 0. The van der Waals surface area contributed by atoms with Gasteiger partial charge in [0.25, 0.3) is 5.69 Å². The fourth-order valence-electron chi connectivity index (χ4n) is 2.58. The zero-order chi connectivity index (χ0) is 14.0. The highest BCUT2D eigenvalue weighted by molar-refractivity contribution is 5.73. The van der Waals surface area contributed by atoms with E-state index >= 15 is 0 Å². The number of aryl methyl sites for hydroxylation is 1. The van der Waals surface area contributed by atoms with Crippen molar-refractivity contribution in [3.63, 3.8) is 0 Å². The van der Waals surface area contributed by atoms with E-state index in [9.17, 15) is 14.9 Å². The van der Waals surface area contributed by atoms with Crippen molar-refractivity contribution in [1.82, 2.24) is 0 Å². The Bertz CT molecular complexity index is 515. The number of rotatable bonds is 3. The van der Waals surface area contributed by atoms with Crippen LogP contribution >= 0.6 is 0 Å². The first kappa shape index (κ1) is 13.3. The third kappa shape index (κ3) is 2.67. The monoisotopic (exact) mass is 264 g/mol. The van der Waals surface area contributed by atoms with E-state index in [1.54, 1.807) is 6.07 Å². The van der Waals surface area contributed by atoms with Gasteiger partial charge in [0.2, 0.25) is 0 Å². The molecule has 1 N–H and O–H groups in total. The lowest BCUT2D eigenvalue weighted by molar-refractivity contribution is -0.384. The van der Waals surface area contributed by atoms with Crippen LogP contribution in [0, 0.1) is 23.0 Å². The number of anilines is 1. The van der Waals surface area contributed by atoms with Gasteiger partial charge in [-0.2, -0.15) is 0 Å². The van der Waals surface area contributed by atoms with Crippen molar-refractivity contribution in [2.45, 2.75) is 19.8 Å². The van der Waals surface area contributed by atoms with Crippen molar-refractivity contribution in [3.8, 4) is 0 Å². The molecule has 1 heterocycles. The predicted molar refractivity (Wildman–Crippen MR) is 70.4 cm³/mol. The predicted octanol–water partition coefficient (Wildman–Crippen LogP) is 2.20. The Kier molecular flexibility index (Phi) is 3.69. The summed E-state index contributed by atoms with van der Waals surface area (Å²) in [6.07, 6.45) is 1.37. The van der Waals surface area contributed by atoms with Crippen molar-refractivity contribution in [3.05, 3.63) is 33.9 Å². The van der Waals surface area contributed by atoms with Crippen LogP contribution in [0.5, 0.6) is 0 Å². The van der Waals surface area contributed by atoms with Crippen molar-refractivity contribution >= 4 is 17.3 Å². The lowest BCUT2D eigenvalue weighted by atomic mass is 9.97. The molecular weight excluding hydrogens is 248 g/mol. The number of hydrogen-bond donors (Lipinski definition) is 1. The summed E-state index contributed by atoms with van der Waals surface area (Å²) in [6, 6.07) is 4.93. The molecule has 1 atom stereocenters. The first-order valence-corrected chi connectivity index (χ1v) is 6.22. The smallest absolute Gasteiger partial charge is 0.308 e. The summed E-state index contributed by atoms with van der Waals surface area (Å²) in [5, 5.41) is 20.2. The van der Waals surface area contributed by atoms with Crippen molar-refractivity contribution in [1.29, 1.82) is 0 Å². The number of carbonyl (C=O) groups is 1. The number of para-hydroxylation sites is 1. The van der Waals surface area contributed by atoms with E-state index in [2.05, 4.69) is 0 Å². The number of aliphatic carboxylic acids is 1. The number of piperidine rings is 1. The van der Waals surface area contributed by atoms with Crippen LogP contribution in [0.25, 0.3) is 0 Å². The largest absolute Gasteiger partial charge is 0.481 e. The van der Waals surface area contributed by atoms with Gasteiger partial charge in [-0.15, -0.1) is 0 Å². The minimum absolute atomic E-state index is 0.0473. The van der Waals surface area contributed by atoms with Crippen LogP contribution in [0.1, 0.15) is 18.4 Å². The molecule has 0 radical (unpaired) electrons. The highest BCUT2D eigenvalue weighted by atomic mass is 16.6. The lowest BCUT2D eigenvalue weighted by Gasteiger charge is -2.33. The molecule has 6 heteroatoms. The Morgan fingerprint density at radius 3 is 2.89 bits per heavy atom. The molecule has 6 nitrogen and oxygen atoms in total. The Morgan fingerprint density at radius 2 is 2.26 bits per heavy atom. The molecule has 0 amide bonds. The van der Waals surface area contributed by atoms with Crippen LogP contribution in [0.4, 0.5) is 11.4 Å². The van der Waals surface area contributed by atoms with Gasteiger partial charge in [-0.05, 0) is 25.3 Å². The maximum atomic E-state index is 11.1. The molecule has 0 saturated carbocycles. The van der Waals surface area contributed by atoms with E-state index in [-0.39, 0.29) is 5.69 Å². The van der Waals surface area contributed by atoms with Gasteiger partial charge in [0.1, 0.15) is 5.69 Å². The molecule has 0 aromatic heterocycles. The summed E-state index contributed by atoms with van der Waals surface area (Å²) in [4.78, 5) is 23.6. The number of nitrogens with zero attached hydrogens (tertiary/aromatic N) is 2. The number of carboxylic acid groups (broad SMARTS) is 1. The van der Waals surface area contributed by atoms with Gasteiger partial charge in [0, 0.05) is 19.2 Å². The van der Waals surface area contributed by atoms with Crippen molar-refractivity contribution < 1.29 is 14.8 Å². The van der Waals surface area contributed by atoms with E-state index in [1.807, 2.05) is 17.9 Å². The fraction of sp³-hybridized carbons (Fsp3) is 0.462. The van der Waals surface area contributed by atoms with Gasteiger partial charge in [-0.25, -0.2) is 0 Å². The molecular formula is C13H16N2O4. The van der Waals surface area contributed by atoms with Crippen molar-refractivity contribution in [2.24, 2.45) is 5.92 Å². The molecule has 0 spiro atoms. The van der Waals surface area contributed by atoms with E-state index < -0.39 is 16.8 Å². The third-order valence-corrected chi connectivity index (χ3v) is 3.50. The number of nitro groups is 1. The summed E-state index contributed by atoms with van der Waals surface area (Å²) in [5.41, 5.74) is 1.41. The van der Waals surface area contributed by atoms with Gasteiger partial charge >= 0.3 is 5.97 Å². The molecule has 1 fully saturated rings. The van der Waals surface area contributed by atoms with E-state index in [0.29, 0.717) is 25.2 Å². The molecule has 102 valence electrons. The van der Waals surface area contributed by atoms with E-state index in [0.717, 1.165) is 12.0 Å². The molecule has 1 aromatic carbocycles. The van der Waals surface area contributed by atoms with Crippen LogP contribution in [0.3, 0.4) is 0 Å². The van der Waals surface area contributed by atoms with Crippen LogP contribution < -0.4 is 4.90 Å². The molecule has 1 aromatic rings. The standard InChI is InChI=1S/C13H16N2O4/c1-9-4-2-6-11(15(18)19)12(9)14-7-3-5-10(8-14)13(16)17/h2,4,6,10H,3,5,7-8H2,1H3,(H,16,17). The van der Waals surface area contributed by atoms with Crippen LogP contribution in [-0.2, 0) is 4.79 Å². The zero-order valence-corrected chi connectivity index (χ0v) is 10.7. The summed E-state index contributed by atoms with van der Waals surface area (Å²) in [5.74, 6) is -1.28. The minimum atomic E-state index is -0.832. The average Bonchev–Trinajstić information content (AvgIpc) is 2.38. The van der Waals surface area contributed by atoms with Crippen LogP contribution in [0.2, 0.25) is 0 Å². The third-order valence-electron chi connectivity index (χ3n) is 3.50. The van der Waals surface area contributed by atoms with E-state index in [1.165, 1.54) is 6.07 Å². The number of carboxylic acids is 1. The molecule has 1 unspecified atom stereocenters. The Balaban J connectivity index is 2.35. The van der Waals surface area contributed by atoms with Crippen LogP contribution in [-0.4, -0.2) is 29.1 Å². The van der Waals surface area contributed by atoms with E-state index in [4.69, 9.17) is 5.11 Å². The quantitative estimate of drug-likeness (QED) is 0.668. The average molecular weight is 264 g/mol. The summed E-state index contributed by atoms with van der Waals surface area (Å²) in [6.45, 7) is 2.81. The Hall–Kier alpha value is -2.11. The second kappa shape index (κ2) is 5.26. The second-order valence-electron chi connectivity index (χ2n) is 4.82. The summed E-state index contributed by atoms with van der Waals surface area (Å²) < 4.78 is 0. The van der Waals surface area contributed by atoms with Gasteiger partial charge in [0.15, 0.2) is 0 Å². The van der Waals surface area contributed by atoms with Gasteiger partial charge in [-0.3, -0.25) is 14.9 Å². The highest BCUT2D eigenvalue weighted by Crippen LogP contribution is 2.34. The minimum Gasteiger partial charge on any atom is -0.481 e. The first-order valence-electron chi connectivity index (χ1n) is 6.22. The maximum absolute atomic E-state index is 11.1. The molecule has 19 heavy (non-hydrogen) atoms. The number of nitro benzene ring substituents is 1. The fourth-order valence-corrected chi connectivity index (χ4v) is 2.58. The van der Waals surface area contributed by atoms with Gasteiger partial charge < -0.3 is 10.0 Å². The molecule has 1 aliphatic heterocycles. The Labute approximate surface area is 110 Å². The molecule has 1 saturated heterocycles. The topological polar surface area (TPSA) is 83.7 Å². The SMILES string of the molecule is Cc1cccc([N+](=O)[O-])c1N1CCCC(C(=O)O)C1. The van der Waals surface area contributed by atoms with Crippen molar-refractivity contribution in [2.75, 3.05) is 18.0 Å². The normalized spacial score (nSPS) is 19.2. The zero-order valence-electron chi connectivity index (χ0n) is 10.7. The molecule has 0 aliphatic carbocycles. The summed E-state index contributed by atoms with van der Waals surface area (Å²) in [7, 11) is 0. The number of hydrogen-bond acceptors (Lipinski definition) is 4. The number of benzene rings is 1. The lowest BCUT2D eigenvalue weighted by Crippen LogP contribution is -2.39. The molecule has 0 bridgehead atoms. The second-order valence-corrected chi connectivity index (χ2v) is 4.82. The maximum Gasteiger partial charge on any atom is 0.308 e. The highest BCUT2D eigenvalue weighted by Gasteiger charge is 2.29.